The van der Waals surface area contributed by atoms with Crippen LogP contribution in [-0.4, -0.2) is 45.9 Å². The van der Waals surface area contributed by atoms with Crippen molar-refractivity contribution in [3.8, 4) is 0 Å². The molecule has 1 fully saturated rings. The van der Waals surface area contributed by atoms with Gasteiger partial charge in [0, 0.05) is 29.6 Å². The van der Waals surface area contributed by atoms with Gasteiger partial charge in [0.05, 0.1) is 0 Å². The number of ether oxygens (including phenoxy) is 1. The molecule has 1 N–H and O–H groups in total. The number of thioether (sulfide) groups is 1. The summed E-state index contributed by atoms with van der Waals surface area (Å²) < 4.78 is 42.1. The lowest BCUT2D eigenvalue weighted by atomic mass is 10.3. The van der Waals surface area contributed by atoms with E-state index in [-0.39, 0.29) is 6.54 Å². The van der Waals surface area contributed by atoms with E-state index in [4.69, 9.17) is 0 Å². The predicted molar refractivity (Wildman–Crippen MR) is 91.5 cm³/mol. The van der Waals surface area contributed by atoms with Crippen LogP contribution in [0.1, 0.15) is 29.6 Å². The minimum atomic E-state index is -4.52. The highest BCUT2D eigenvalue weighted by Gasteiger charge is 2.30. The molecule has 0 radical (unpaired) electrons. The first kappa shape index (κ1) is 19.0. The van der Waals surface area contributed by atoms with Crippen LogP contribution in [-0.2, 0) is 11.2 Å². The Bertz CT molecular complexity index is 730. The molecule has 0 aliphatic heterocycles. The van der Waals surface area contributed by atoms with E-state index < -0.39 is 18.9 Å². The van der Waals surface area contributed by atoms with Gasteiger partial charge in [-0.1, -0.05) is 17.8 Å². The fourth-order valence-corrected chi connectivity index (χ4v) is 3.87. The lowest BCUT2D eigenvalue weighted by molar-refractivity contribution is -0.160. The van der Waals surface area contributed by atoms with E-state index in [0.29, 0.717) is 11.8 Å². The highest BCUT2D eigenvalue weighted by molar-refractivity contribution is 7.99. The van der Waals surface area contributed by atoms with Gasteiger partial charge in [-0.15, -0.1) is 21.5 Å². The summed E-state index contributed by atoms with van der Waals surface area (Å²) in [6.45, 7) is -1.41. The molecule has 26 heavy (non-hydrogen) atoms. The van der Waals surface area contributed by atoms with Crippen molar-refractivity contribution in [2.24, 2.45) is 0 Å². The number of alkyl carbamates (subject to hydrolysis) is 1. The van der Waals surface area contributed by atoms with Crippen LogP contribution in [0.15, 0.2) is 22.7 Å². The summed E-state index contributed by atoms with van der Waals surface area (Å²) >= 11 is 3.08. The van der Waals surface area contributed by atoms with Crippen molar-refractivity contribution < 1.29 is 22.7 Å². The Morgan fingerprint density at radius 3 is 2.88 bits per heavy atom. The number of alkyl halides is 3. The Labute approximate surface area is 156 Å². The third-order valence-electron chi connectivity index (χ3n) is 3.53. The average Bonchev–Trinajstić information content (AvgIpc) is 3.13. The van der Waals surface area contributed by atoms with Crippen LogP contribution in [0.4, 0.5) is 18.0 Å². The second-order valence-corrected chi connectivity index (χ2v) is 7.82. The maximum atomic E-state index is 12.0. The topological polar surface area (TPSA) is 69.0 Å². The molecule has 0 unspecified atom stereocenters. The zero-order valence-corrected chi connectivity index (χ0v) is 15.3. The molecule has 1 aliphatic rings. The van der Waals surface area contributed by atoms with Crippen molar-refractivity contribution in [1.29, 1.82) is 0 Å². The SMILES string of the molecule is O=C(NCCSc1nnc(Cc2cccs2)n1C1CC1)OCC(F)(F)F. The molecule has 2 aromatic rings. The fraction of sp³-hybridized carbons (Fsp3) is 0.533. The first-order chi connectivity index (χ1) is 12.4. The Kier molecular flexibility index (Phi) is 6.07. The van der Waals surface area contributed by atoms with Crippen LogP contribution in [0.5, 0.6) is 0 Å². The van der Waals surface area contributed by atoms with Gasteiger partial charge in [0.25, 0.3) is 0 Å². The smallest absolute Gasteiger partial charge is 0.422 e. The van der Waals surface area contributed by atoms with Crippen molar-refractivity contribution in [1.82, 2.24) is 20.1 Å². The quantitative estimate of drug-likeness (QED) is 0.535. The summed E-state index contributed by atoms with van der Waals surface area (Å²) in [7, 11) is 0. The molecule has 1 aliphatic carbocycles. The second kappa shape index (κ2) is 8.30. The summed E-state index contributed by atoms with van der Waals surface area (Å²) in [5.74, 6) is 1.38. The first-order valence-electron chi connectivity index (χ1n) is 7.99. The van der Waals surface area contributed by atoms with Gasteiger partial charge in [-0.3, -0.25) is 0 Å². The van der Waals surface area contributed by atoms with Crippen molar-refractivity contribution >= 4 is 29.2 Å². The number of rotatable bonds is 8. The number of nitrogens with one attached hydrogen (secondary N) is 1. The number of carbonyl (C=O) groups excluding carboxylic acids is 1. The number of carbonyl (C=O) groups is 1. The maximum Gasteiger partial charge on any atom is 0.422 e. The Hall–Kier alpha value is -1.75. The lowest BCUT2D eigenvalue weighted by Gasteiger charge is -2.10. The number of aromatic nitrogens is 3. The Morgan fingerprint density at radius 1 is 1.42 bits per heavy atom. The second-order valence-electron chi connectivity index (χ2n) is 5.72. The third-order valence-corrected chi connectivity index (χ3v) is 5.35. The summed E-state index contributed by atoms with van der Waals surface area (Å²) in [5, 5.41) is 13.6. The van der Waals surface area contributed by atoms with Crippen molar-refractivity contribution in [2.75, 3.05) is 18.9 Å². The Morgan fingerprint density at radius 2 is 2.23 bits per heavy atom. The van der Waals surface area contributed by atoms with Gasteiger partial charge in [0.2, 0.25) is 0 Å². The number of halogens is 3. The molecular formula is C15H17F3N4O2S2. The normalized spacial score (nSPS) is 14.4. The molecule has 6 nitrogen and oxygen atoms in total. The zero-order chi connectivity index (χ0) is 18.6. The molecule has 2 heterocycles. The standard InChI is InChI=1S/C15H17F3N4O2S2/c16-15(17,18)9-24-14(23)19-5-7-26-13-21-20-12(22(13)10-3-4-10)8-11-2-1-6-25-11/h1-2,6,10H,3-5,7-9H2,(H,19,23). The van der Waals surface area contributed by atoms with E-state index >= 15 is 0 Å². The van der Waals surface area contributed by atoms with Gasteiger partial charge in [-0.05, 0) is 24.3 Å². The molecule has 11 heteroatoms. The van der Waals surface area contributed by atoms with E-state index in [1.54, 1.807) is 11.3 Å². The lowest BCUT2D eigenvalue weighted by Crippen LogP contribution is -2.30. The molecule has 3 rings (SSSR count). The highest BCUT2D eigenvalue weighted by Crippen LogP contribution is 2.39. The zero-order valence-electron chi connectivity index (χ0n) is 13.7. The predicted octanol–water partition coefficient (Wildman–Crippen LogP) is 3.65. The Balaban J connectivity index is 1.48. The van der Waals surface area contributed by atoms with E-state index in [0.717, 1.165) is 30.2 Å². The van der Waals surface area contributed by atoms with Gasteiger partial charge in [-0.2, -0.15) is 13.2 Å². The van der Waals surface area contributed by atoms with Crippen molar-refractivity contribution in [3.63, 3.8) is 0 Å². The average molecular weight is 406 g/mol. The van der Waals surface area contributed by atoms with Crippen molar-refractivity contribution in [3.05, 3.63) is 28.2 Å². The summed E-state index contributed by atoms with van der Waals surface area (Å²) in [6.07, 6.45) is -2.70. The molecule has 0 saturated heterocycles. The number of hydrogen-bond acceptors (Lipinski definition) is 6. The maximum absolute atomic E-state index is 12.0. The highest BCUT2D eigenvalue weighted by atomic mass is 32.2. The molecule has 0 atom stereocenters. The molecule has 0 spiro atoms. The van der Waals surface area contributed by atoms with Gasteiger partial charge < -0.3 is 14.6 Å². The fourth-order valence-electron chi connectivity index (χ4n) is 2.29. The molecule has 142 valence electrons. The summed E-state index contributed by atoms with van der Waals surface area (Å²) in [4.78, 5) is 12.4. The monoisotopic (exact) mass is 406 g/mol. The minimum Gasteiger partial charge on any atom is -0.440 e. The molecule has 0 aromatic carbocycles. The van der Waals surface area contributed by atoms with Gasteiger partial charge in [-0.25, -0.2) is 4.79 Å². The molecule has 0 bridgehead atoms. The largest absolute Gasteiger partial charge is 0.440 e. The number of amides is 1. The van der Waals surface area contributed by atoms with Crippen molar-refractivity contribution in [2.45, 2.75) is 36.6 Å². The third kappa shape index (κ3) is 5.63. The first-order valence-corrected chi connectivity index (χ1v) is 9.85. The van der Waals surface area contributed by atoms with Gasteiger partial charge >= 0.3 is 12.3 Å². The van der Waals surface area contributed by atoms with E-state index in [2.05, 4.69) is 30.9 Å². The van der Waals surface area contributed by atoms with E-state index in [1.165, 1.54) is 16.6 Å². The molecule has 1 saturated carbocycles. The molecular weight excluding hydrogens is 389 g/mol. The van der Waals surface area contributed by atoms with E-state index in [9.17, 15) is 18.0 Å². The van der Waals surface area contributed by atoms with Gasteiger partial charge in [0.1, 0.15) is 5.82 Å². The number of nitrogens with zero attached hydrogens (tertiary/aromatic N) is 3. The van der Waals surface area contributed by atoms with Crippen LogP contribution >= 0.6 is 23.1 Å². The van der Waals surface area contributed by atoms with Crippen LogP contribution in [0.3, 0.4) is 0 Å². The molecule has 2 aromatic heterocycles. The van der Waals surface area contributed by atoms with Gasteiger partial charge in [0.15, 0.2) is 11.8 Å². The summed E-state index contributed by atoms with van der Waals surface area (Å²) in [5.41, 5.74) is 0. The van der Waals surface area contributed by atoms with Crippen LogP contribution in [0.2, 0.25) is 0 Å². The number of thiophene rings is 1. The minimum absolute atomic E-state index is 0.180. The van der Waals surface area contributed by atoms with E-state index in [1.807, 2.05) is 11.4 Å². The summed E-state index contributed by atoms with van der Waals surface area (Å²) in [6, 6.07) is 4.46. The van der Waals surface area contributed by atoms with Crippen LogP contribution in [0.25, 0.3) is 0 Å². The molecule has 1 amide bonds. The van der Waals surface area contributed by atoms with Crippen LogP contribution < -0.4 is 5.32 Å². The van der Waals surface area contributed by atoms with Crippen LogP contribution in [0, 0.1) is 0 Å². The number of hydrogen-bond donors (Lipinski definition) is 1.